The molecular formula is C8H20N2O4. The van der Waals surface area contributed by atoms with Crippen LogP contribution in [0.1, 0.15) is 26.7 Å². The molecule has 0 atom stereocenters. The molecule has 0 heterocycles. The molecule has 0 aromatic rings. The van der Waals surface area contributed by atoms with Gasteiger partial charge < -0.3 is 20.4 Å². The first-order valence-corrected chi connectivity index (χ1v) is 4.72. The molecule has 0 spiro atoms. The zero-order valence-corrected chi connectivity index (χ0v) is 8.62. The summed E-state index contributed by atoms with van der Waals surface area (Å²) in [5, 5.41) is 41.3. The molecule has 6 nitrogen and oxygen atoms in total. The first-order chi connectivity index (χ1) is 6.33. The zero-order valence-electron chi connectivity index (χ0n) is 8.62. The second-order valence-electron chi connectivity index (χ2n) is 3.19. The second kappa shape index (κ2) is 5.59. The van der Waals surface area contributed by atoms with Crippen molar-refractivity contribution in [1.82, 2.24) is 10.6 Å². The zero-order chi connectivity index (χ0) is 11.2. The predicted octanol–water partition coefficient (Wildman–Crippen LogP) is -1.74. The van der Waals surface area contributed by atoms with Gasteiger partial charge in [0.05, 0.1) is 0 Å². The lowest BCUT2D eigenvalue weighted by Crippen LogP contribution is -2.51. The largest absolute Gasteiger partial charge is 0.353 e. The lowest BCUT2D eigenvalue weighted by Gasteiger charge is -2.24. The number of hydrogen-bond donors (Lipinski definition) is 6. The van der Waals surface area contributed by atoms with Crippen LogP contribution in [-0.4, -0.2) is 45.3 Å². The molecule has 0 saturated carbocycles. The van der Waals surface area contributed by atoms with E-state index < -0.39 is 11.8 Å². The summed E-state index contributed by atoms with van der Waals surface area (Å²) >= 11 is 0. The smallest absolute Gasteiger partial charge is 0.222 e. The summed E-state index contributed by atoms with van der Waals surface area (Å²) in [6, 6.07) is 0. The number of aliphatic hydroxyl groups is 4. The van der Waals surface area contributed by atoms with Crippen LogP contribution in [0.15, 0.2) is 0 Å². The highest BCUT2D eigenvalue weighted by atomic mass is 16.5. The molecule has 0 rings (SSSR count). The molecule has 0 aromatic carbocycles. The van der Waals surface area contributed by atoms with E-state index in [2.05, 4.69) is 10.6 Å². The Bertz CT molecular complexity index is 143. The Morgan fingerprint density at radius 2 is 1.07 bits per heavy atom. The standard InChI is InChI=1S/C8H20N2O4/c1-3-7(11,12)9-5-6-10-8(13,14)4-2/h9-14H,3-6H2,1-2H3. The monoisotopic (exact) mass is 208 g/mol. The van der Waals surface area contributed by atoms with Crippen LogP contribution in [0.4, 0.5) is 0 Å². The van der Waals surface area contributed by atoms with Gasteiger partial charge in [-0.2, -0.15) is 0 Å². The van der Waals surface area contributed by atoms with Crippen LogP contribution in [0.5, 0.6) is 0 Å². The van der Waals surface area contributed by atoms with E-state index in [1.165, 1.54) is 0 Å². The first-order valence-electron chi connectivity index (χ1n) is 4.72. The van der Waals surface area contributed by atoms with Crippen molar-refractivity contribution in [1.29, 1.82) is 0 Å². The van der Waals surface area contributed by atoms with Crippen molar-refractivity contribution < 1.29 is 20.4 Å². The van der Waals surface area contributed by atoms with Gasteiger partial charge in [-0.15, -0.1) is 0 Å². The average Bonchev–Trinajstić information content (AvgIpc) is 2.13. The Morgan fingerprint density at radius 1 is 0.786 bits per heavy atom. The Hall–Kier alpha value is -0.240. The average molecular weight is 208 g/mol. The maximum absolute atomic E-state index is 9.10. The highest BCUT2D eigenvalue weighted by Crippen LogP contribution is 1.99. The van der Waals surface area contributed by atoms with Crippen molar-refractivity contribution >= 4 is 0 Å². The second-order valence-corrected chi connectivity index (χ2v) is 3.19. The molecule has 0 saturated heterocycles. The van der Waals surface area contributed by atoms with Crippen LogP contribution < -0.4 is 10.6 Å². The molecule has 0 aliphatic rings. The summed E-state index contributed by atoms with van der Waals surface area (Å²) in [6.45, 7) is 3.69. The molecule has 0 bridgehead atoms. The Balaban J connectivity index is 3.57. The Labute approximate surface area is 83.6 Å². The molecular weight excluding hydrogens is 188 g/mol. The molecule has 14 heavy (non-hydrogen) atoms. The lowest BCUT2D eigenvalue weighted by molar-refractivity contribution is -0.196. The van der Waals surface area contributed by atoms with Gasteiger partial charge in [-0.3, -0.25) is 10.6 Å². The summed E-state index contributed by atoms with van der Waals surface area (Å²) in [5.41, 5.74) is 0. The van der Waals surface area contributed by atoms with E-state index in [-0.39, 0.29) is 25.9 Å². The lowest BCUT2D eigenvalue weighted by atomic mass is 10.3. The molecule has 0 unspecified atom stereocenters. The summed E-state index contributed by atoms with van der Waals surface area (Å²) in [5.74, 6) is -3.77. The molecule has 0 radical (unpaired) electrons. The fourth-order valence-corrected chi connectivity index (χ4v) is 0.775. The van der Waals surface area contributed by atoms with Gasteiger partial charge in [0.15, 0.2) is 0 Å². The van der Waals surface area contributed by atoms with E-state index in [9.17, 15) is 0 Å². The van der Waals surface area contributed by atoms with Crippen LogP contribution in [-0.2, 0) is 0 Å². The maximum Gasteiger partial charge on any atom is 0.222 e. The van der Waals surface area contributed by atoms with Crippen molar-refractivity contribution in [3.63, 3.8) is 0 Å². The normalized spacial score (nSPS) is 13.3. The van der Waals surface area contributed by atoms with Gasteiger partial charge in [-0.05, 0) is 0 Å². The van der Waals surface area contributed by atoms with Crippen molar-refractivity contribution in [3.05, 3.63) is 0 Å². The van der Waals surface area contributed by atoms with Gasteiger partial charge >= 0.3 is 0 Å². The highest BCUT2D eigenvalue weighted by Gasteiger charge is 2.21. The Morgan fingerprint density at radius 3 is 1.29 bits per heavy atom. The van der Waals surface area contributed by atoms with E-state index >= 15 is 0 Å². The van der Waals surface area contributed by atoms with E-state index in [4.69, 9.17) is 20.4 Å². The molecule has 0 fully saturated rings. The fraction of sp³-hybridized carbons (Fsp3) is 1.00. The minimum atomic E-state index is -1.89. The van der Waals surface area contributed by atoms with Gasteiger partial charge in [0.2, 0.25) is 11.8 Å². The van der Waals surface area contributed by atoms with Crippen LogP contribution in [0.3, 0.4) is 0 Å². The van der Waals surface area contributed by atoms with Crippen molar-refractivity contribution in [2.45, 2.75) is 38.5 Å². The number of rotatable bonds is 7. The molecule has 6 heteroatoms. The molecule has 0 aromatic heterocycles. The van der Waals surface area contributed by atoms with Crippen LogP contribution in [0.2, 0.25) is 0 Å². The van der Waals surface area contributed by atoms with Gasteiger partial charge in [-0.1, -0.05) is 13.8 Å². The van der Waals surface area contributed by atoms with Crippen LogP contribution in [0, 0.1) is 0 Å². The molecule has 86 valence electrons. The topological polar surface area (TPSA) is 105 Å². The minimum absolute atomic E-state index is 0.157. The third-order valence-electron chi connectivity index (χ3n) is 1.93. The van der Waals surface area contributed by atoms with Crippen molar-refractivity contribution in [3.8, 4) is 0 Å². The van der Waals surface area contributed by atoms with Gasteiger partial charge in [0.1, 0.15) is 0 Å². The highest BCUT2D eigenvalue weighted by molar-refractivity contribution is 4.63. The van der Waals surface area contributed by atoms with Crippen molar-refractivity contribution in [2.75, 3.05) is 13.1 Å². The third kappa shape index (κ3) is 6.25. The fourth-order valence-electron chi connectivity index (χ4n) is 0.775. The van der Waals surface area contributed by atoms with E-state index in [1.807, 2.05) is 0 Å². The van der Waals surface area contributed by atoms with Gasteiger partial charge in [-0.25, -0.2) is 0 Å². The maximum atomic E-state index is 9.10. The molecule has 0 aliphatic heterocycles. The molecule has 0 aliphatic carbocycles. The molecule has 0 amide bonds. The van der Waals surface area contributed by atoms with Gasteiger partial charge in [0.25, 0.3) is 0 Å². The summed E-state index contributed by atoms with van der Waals surface area (Å²) < 4.78 is 0. The van der Waals surface area contributed by atoms with E-state index in [1.54, 1.807) is 13.8 Å². The molecule has 6 N–H and O–H groups in total. The third-order valence-corrected chi connectivity index (χ3v) is 1.93. The van der Waals surface area contributed by atoms with Crippen LogP contribution >= 0.6 is 0 Å². The summed E-state index contributed by atoms with van der Waals surface area (Å²) in [4.78, 5) is 0. The minimum Gasteiger partial charge on any atom is -0.353 e. The Kier molecular flexibility index (Phi) is 5.50. The summed E-state index contributed by atoms with van der Waals surface area (Å²) in [7, 11) is 0. The van der Waals surface area contributed by atoms with Gasteiger partial charge in [0, 0.05) is 25.9 Å². The SMILES string of the molecule is CCC(O)(O)NCCNC(O)(O)CC. The van der Waals surface area contributed by atoms with Crippen molar-refractivity contribution in [2.24, 2.45) is 0 Å². The first kappa shape index (κ1) is 13.8. The van der Waals surface area contributed by atoms with E-state index in [0.29, 0.717) is 0 Å². The van der Waals surface area contributed by atoms with Crippen LogP contribution in [0.25, 0.3) is 0 Å². The van der Waals surface area contributed by atoms with E-state index in [0.717, 1.165) is 0 Å². The number of nitrogens with one attached hydrogen (secondary N) is 2. The quantitative estimate of drug-likeness (QED) is 0.219. The number of hydrogen-bond acceptors (Lipinski definition) is 6. The predicted molar refractivity (Wildman–Crippen MR) is 50.9 cm³/mol. The summed E-state index contributed by atoms with van der Waals surface area (Å²) in [6.07, 6.45) is 0.314.